The lowest BCUT2D eigenvalue weighted by Gasteiger charge is -2.11. The molecule has 6 rings (SSSR count). The van der Waals surface area contributed by atoms with E-state index < -0.39 is 183 Å². The van der Waals surface area contributed by atoms with Crippen LogP contribution in [0.4, 0.5) is 22.7 Å². The maximum Gasteiger partial charge on any atom is 0.397 e. The molecule has 6 aromatic rings. The Kier molecular flexibility index (Phi) is 19.0. The summed E-state index contributed by atoms with van der Waals surface area (Å²) in [6, 6.07) is 14.9. The predicted octanol–water partition coefficient (Wildman–Crippen LogP) is -2.74. The summed E-state index contributed by atoms with van der Waals surface area (Å²) in [5.41, 5.74) is 2.22. The summed E-state index contributed by atoms with van der Waals surface area (Å²) < 4.78 is 188. The molecular formula is C43H36N8O26S6. The van der Waals surface area contributed by atoms with Crippen molar-refractivity contribution >= 4 is 95.4 Å². The van der Waals surface area contributed by atoms with Crippen molar-refractivity contribution in [3.05, 3.63) is 182 Å². The Labute approximate surface area is 464 Å². The van der Waals surface area contributed by atoms with Crippen LogP contribution < -0.4 is 64.8 Å². The highest BCUT2D eigenvalue weighted by Gasteiger charge is 2.25. The molecule has 440 valence electrons. The number of nitrogens with one attached hydrogen (secondary N) is 4. The molecule has 0 unspecified atom stereocenters. The van der Waals surface area contributed by atoms with Crippen LogP contribution >= 0.6 is 0 Å². The second-order valence-electron chi connectivity index (χ2n) is 16.4. The lowest BCUT2D eigenvalue weighted by Crippen LogP contribution is -2.48. The van der Waals surface area contributed by atoms with Gasteiger partial charge in [-0.15, -0.1) is 0 Å². The van der Waals surface area contributed by atoms with Crippen LogP contribution in [0.2, 0.25) is 0 Å². The van der Waals surface area contributed by atoms with Crippen molar-refractivity contribution < 1.29 is 96.9 Å². The number of hydrogen-bond acceptors (Lipinski definition) is 28. The number of carbonyl (C=O) groups is 2. The normalized spacial score (nSPS) is 13.4. The molecule has 0 saturated carbocycles. The van der Waals surface area contributed by atoms with E-state index in [9.17, 15) is 98.6 Å². The molecular weight excluding hydrogens is 1240 g/mol. The zero-order valence-electron chi connectivity index (χ0n) is 40.9. The molecule has 40 heteroatoms. The van der Waals surface area contributed by atoms with Crippen molar-refractivity contribution in [1.29, 1.82) is 0 Å². The van der Waals surface area contributed by atoms with E-state index in [1.165, 1.54) is 24.3 Å². The van der Waals surface area contributed by atoms with Crippen molar-refractivity contribution in [3.8, 4) is 0 Å². The van der Waals surface area contributed by atoms with Crippen molar-refractivity contribution in [1.82, 2.24) is 0 Å². The van der Waals surface area contributed by atoms with Crippen LogP contribution in [-0.2, 0) is 75.5 Å². The Balaban J connectivity index is 1.21. The third kappa shape index (κ3) is 16.7. The van der Waals surface area contributed by atoms with Gasteiger partial charge in [0.1, 0.15) is 20.5 Å². The molecule has 6 aromatic carbocycles. The summed E-state index contributed by atoms with van der Waals surface area (Å²) in [6.07, 6.45) is -0.121. The molecule has 0 aliphatic carbocycles. The van der Waals surface area contributed by atoms with E-state index in [0.717, 1.165) is 60.7 Å². The van der Waals surface area contributed by atoms with Crippen molar-refractivity contribution in [3.63, 3.8) is 0 Å². The molecule has 0 aliphatic heterocycles. The van der Waals surface area contributed by atoms with Gasteiger partial charge in [-0.25, -0.2) is 34.8 Å². The smallest absolute Gasteiger partial charge is 0.397 e. The molecule has 0 atom stereocenters. The van der Waals surface area contributed by atoms with Gasteiger partial charge < -0.3 is 10.2 Å². The minimum absolute atomic E-state index is 0.121. The van der Waals surface area contributed by atoms with Crippen LogP contribution in [0.1, 0.15) is 31.8 Å². The van der Waals surface area contributed by atoms with Gasteiger partial charge in [0.2, 0.25) is 21.7 Å². The zero-order valence-corrected chi connectivity index (χ0v) is 45.8. The quantitative estimate of drug-likeness (QED) is 0.0217. The van der Waals surface area contributed by atoms with E-state index in [0.29, 0.717) is 12.1 Å². The molecule has 0 bridgehead atoms. The summed E-state index contributed by atoms with van der Waals surface area (Å²) in [5, 5.41) is 32.1. The summed E-state index contributed by atoms with van der Waals surface area (Å²) >= 11 is 0. The maximum atomic E-state index is 13.3. The Morgan fingerprint density at radius 2 is 0.771 bits per heavy atom. The number of sulfone groups is 2. The van der Waals surface area contributed by atoms with E-state index >= 15 is 0 Å². The van der Waals surface area contributed by atoms with Crippen LogP contribution in [0.5, 0.6) is 0 Å². The standard InChI is InChI=1S/C43H36N8O26S6/c52-34-11-9-32(40(54)38(34)50-46-30-7-3-24(20-36(30)80(64,65)66)78(60,61)15-13-76-82(70,71)72)48-44-28-5-1-22(18-26(28)42(56)57)17-23-2-6-29(27(19-23)43(58)59)45-49-33-10-12-35(53)39(41(33)55)51-47-31-8-4-25(21-37(31)81(67,68)69)79(62,63)16-14-77-83(73,74)75/h1-12,18-21,44-47H,13-17H2,(H,56,57)(H,58,59)(H,64,65,66)(H,67,68,69)(H,70,71,72)(H,73,74,75)/b48-32+,49-33+,50-38+,51-39+. The molecule has 0 saturated heterocycles. The van der Waals surface area contributed by atoms with Gasteiger partial charge in [0.25, 0.3) is 20.2 Å². The van der Waals surface area contributed by atoms with E-state index in [2.05, 4.69) is 50.5 Å². The molecule has 0 aliphatic rings. The highest BCUT2D eigenvalue weighted by atomic mass is 32.3. The average molecular weight is 1270 g/mol. The van der Waals surface area contributed by atoms with Gasteiger partial charge in [-0.05, 0) is 102 Å². The number of anilines is 4. The van der Waals surface area contributed by atoms with Crippen LogP contribution in [0.15, 0.2) is 156 Å². The summed E-state index contributed by atoms with van der Waals surface area (Å²) in [7, 11) is -29.7. The number of benzene rings is 6. The van der Waals surface area contributed by atoms with E-state index in [1.54, 1.807) is 0 Å². The molecule has 0 fully saturated rings. The van der Waals surface area contributed by atoms with Gasteiger partial charge in [-0.1, -0.05) is 12.1 Å². The van der Waals surface area contributed by atoms with Crippen molar-refractivity contribution in [2.24, 2.45) is 20.4 Å². The molecule has 0 spiro atoms. The minimum Gasteiger partial charge on any atom is -0.478 e. The summed E-state index contributed by atoms with van der Waals surface area (Å²) in [6.45, 7) is -2.16. The van der Waals surface area contributed by atoms with Gasteiger partial charge in [0.05, 0.1) is 68.4 Å². The number of hydrogen-bond donors (Lipinski definition) is 10. The van der Waals surface area contributed by atoms with Crippen LogP contribution in [0.3, 0.4) is 0 Å². The molecule has 83 heavy (non-hydrogen) atoms. The van der Waals surface area contributed by atoms with Gasteiger partial charge in [-0.3, -0.25) is 59.1 Å². The summed E-state index contributed by atoms with van der Waals surface area (Å²) in [4.78, 5) is 73.0. The number of carboxylic acids is 2. The monoisotopic (exact) mass is 1270 g/mol. The number of nitrogens with zero attached hydrogens (tertiary/aromatic N) is 4. The van der Waals surface area contributed by atoms with Gasteiger partial charge in [-0.2, -0.15) is 54.1 Å². The van der Waals surface area contributed by atoms with Crippen LogP contribution in [-0.4, -0.2) is 116 Å². The van der Waals surface area contributed by atoms with Crippen molar-refractivity contribution in [2.45, 2.75) is 26.0 Å². The van der Waals surface area contributed by atoms with Gasteiger partial charge >= 0.3 is 32.7 Å². The second kappa shape index (κ2) is 24.8. The first-order valence-corrected chi connectivity index (χ1v) is 30.9. The molecule has 0 aromatic heterocycles. The summed E-state index contributed by atoms with van der Waals surface area (Å²) in [5.74, 6) is -5.23. The fourth-order valence-corrected chi connectivity index (χ4v) is 11.4. The number of aromatic carboxylic acids is 2. The molecule has 0 heterocycles. The SMILES string of the molecule is O=C(O)c1cc(Cc2ccc(N/N=c3\ccc(=O)/c(=N\Nc4ccc(S(=O)(=O)CCOS(=O)(=O)O)cc4S(=O)(=O)O)c3=O)c(C(=O)O)c2)ccc1N/N=c1\ccc(=O)/c(=N\Nc2ccc(S(=O)(=O)CCOS(=O)(=O)O)cc2S(=O)(=O)O)c1=O. The fourth-order valence-electron chi connectivity index (χ4n) is 6.87. The first-order chi connectivity index (χ1) is 38.4. The Bertz CT molecular complexity index is 4570. The fraction of sp³-hybridized carbons (Fsp3) is 0.116. The lowest BCUT2D eigenvalue weighted by atomic mass is 9.99. The highest BCUT2D eigenvalue weighted by Crippen LogP contribution is 2.28. The van der Waals surface area contributed by atoms with Gasteiger partial charge in [0, 0.05) is 0 Å². The molecule has 0 amide bonds. The van der Waals surface area contributed by atoms with Gasteiger partial charge in [0.15, 0.2) is 30.4 Å². The zero-order chi connectivity index (χ0) is 61.6. The predicted molar refractivity (Wildman–Crippen MR) is 281 cm³/mol. The van der Waals surface area contributed by atoms with E-state index in [4.69, 9.17) is 9.11 Å². The van der Waals surface area contributed by atoms with Crippen LogP contribution in [0, 0.1) is 0 Å². The number of carboxylic acid groups (broad SMARTS) is 2. The van der Waals surface area contributed by atoms with Crippen molar-refractivity contribution in [2.75, 3.05) is 46.4 Å². The topological polar surface area (TPSA) is 545 Å². The van der Waals surface area contributed by atoms with E-state index in [-0.39, 0.29) is 28.9 Å². The second-order valence-corrected chi connectivity index (χ2v) is 25.5. The first-order valence-electron chi connectivity index (χ1n) is 22.0. The largest absolute Gasteiger partial charge is 0.478 e. The first kappa shape index (κ1) is 63.5. The minimum atomic E-state index is -5.28. The number of rotatable bonds is 24. The Morgan fingerprint density at radius 1 is 0.434 bits per heavy atom. The maximum absolute atomic E-state index is 13.3. The van der Waals surface area contributed by atoms with Crippen LogP contribution in [0.25, 0.3) is 0 Å². The third-order valence-electron chi connectivity index (χ3n) is 10.7. The Hall–Kier alpha value is -8.68. The average Bonchev–Trinajstić information content (AvgIpc) is 3.56. The highest BCUT2D eigenvalue weighted by molar-refractivity contribution is 7.92. The molecule has 34 nitrogen and oxygen atoms in total. The Morgan fingerprint density at radius 3 is 1.10 bits per heavy atom. The van der Waals surface area contributed by atoms with E-state index in [1.807, 2.05) is 0 Å². The lowest BCUT2D eigenvalue weighted by molar-refractivity contribution is 0.0687. The molecule has 0 radical (unpaired) electrons. The molecule has 10 N–H and O–H groups in total. The third-order valence-corrected chi connectivity index (χ3v) is 16.8.